The molecule has 0 heterocycles. The Kier molecular flexibility index (Phi) is 4.23. The Morgan fingerprint density at radius 2 is 2.15 bits per heavy atom. The number of carbonyl (C=O) groups excluding carboxylic acids is 1. The molecular weight excluding hydrogens is 268 g/mol. The zero-order chi connectivity index (χ0) is 14.8. The number of halogens is 2. The summed E-state index contributed by atoms with van der Waals surface area (Å²) < 4.78 is 36.4. The normalized spacial score (nSPS) is 25.5. The average Bonchev–Trinajstić information content (AvgIpc) is 2.86. The molecule has 1 N–H and O–H groups in total. The Balaban J connectivity index is 2.05. The van der Waals surface area contributed by atoms with Crippen molar-refractivity contribution in [2.45, 2.75) is 30.9 Å². The van der Waals surface area contributed by atoms with Gasteiger partial charge in [-0.1, -0.05) is 0 Å². The van der Waals surface area contributed by atoms with Crippen LogP contribution < -0.4 is 10.1 Å². The number of esters is 1. The van der Waals surface area contributed by atoms with Crippen LogP contribution in [0.25, 0.3) is 0 Å². The molecule has 2 atom stereocenters. The van der Waals surface area contributed by atoms with Crippen molar-refractivity contribution >= 4 is 5.97 Å². The molecule has 1 aliphatic carbocycles. The van der Waals surface area contributed by atoms with Crippen LogP contribution in [0.4, 0.5) is 8.78 Å². The summed E-state index contributed by atoms with van der Waals surface area (Å²) in [5, 5.41) is 2.98. The van der Waals surface area contributed by atoms with Gasteiger partial charge in [0.2, 0.25) is 0 Å². The van der Waals surface area contributed by atoms with E-state index >= 15 is 0 Å². The molecule has 0 amide bonds. The van der Waals surface area contributed by atoms with Crippen LogP contribution in [0.2, 0.25) is 0 Å². The van der Waals surface area contributed by atoms with Gasteiger partial charge in [0, 0.05) is 12.5 Å². The lowest BCUT2D eigenvalue weighted by molar-refractivity contribution is -0.148. The molecular formula is C14H17F2NO3. The molecule has 20 heavy (non-hydrogen) atoms. The molecule has 0 radical (unpaired) electrons. The van der Waals surface area contributed by atoms with Crippen molar-refractivity contribution in [3.8, 4) is 5.75 Å². The summed E-state index contributed by atoms with van der Waals surface area (Å²) in [5.74, 6) is -1.95. The van der Waals surface area contributed by atoms with Crippen molar-refractivity contribution in [3.63, 3.8) is 0 Å². The highest BCUT2D eigenvalue weighted by Crippen LogP contribution is 2.33. The second-order valence-corrected chi connectivity index (χ2v) is 4.88. The van der Waals surface area contributed by atoms with Crippen molar-refractivity contribution in [2.75, 3.05) is 14.2 Å². The minimum absolute atomic E-state index is 0.244. The second-order valence-electron chi connectivity index (χ2n) is 4.88. The number of nitrogens with one attached hydrogen (secondary N) is 1. The van der Waals surface area contributed by atoms with Crippen molar-refractivity contribution in [2.24, 2.45) is 0 Å². The zero-order valence-electron chi connectivity index (χ0n) is 11.4. The maximum Gasteiger partial charge on any atom is 0.326 e. The molecule has 0 aliphatic heterocycles. The molecule has 0 bridgehead atoms. The van der Waals surface area contributed by atoms with Crippen molar-refractivity contribution in [1.82, 2.24) is 5.32 Å². The SMILES string of the molecule is CNC1(C(=O)OC)CCC(Oc2ccc(F)c(F)c2)C1. The van der Waals surface area contributed by atoms with Gasteiger partial charge in [-0.25, -0.2) is 8.78 Å². The number of ether oxygens (including phenoxy) is 2. The van der Waals surface area contributed by atoms with Crippen LogP contribution in [-0.4, -0.2) is 31.8 Å². The second kappa shape index (κ2) is 5.75. The summed E-state index contributed by atoms with van der Waals surface area (Å²) in [4.78, 5) is 11.8. The first kappa shape index (κ1) is 14.7. The van der Waals surface area contributed by atoms with E-state index in [0.717, 1.165) is 12.1 Å². The lowest BCUT2D eigenvalue weighted by Crippen LogP contribution is -2.49. The Hall–Kier alpha value is -1.69. The maximum absolute atomic E-state index is 13.1. The van der Waals surface area contributed by atoms with E-state index in [1.807, 2.05) is 0 Å². The number of methoxy groups -OCH3 is 1. The maximum atomic E-state index is 13.1. The summed E-state index contributed by atoms with van der Waals surface area (Å²) in [6, 6.07) is 3.40. The van der Waals surface area contributed by atoms with Crippen LogP contribution in [0.5, 0.6) is 5.75 Å². The van der Waals surface area contributed by atoms with E-state index < -0.39 is 17.2 Å². The minimum atomic E-state index is -0.951. The zero-order valence-corrected chi connectivity index (χ0v) is 11.4. The molecule has 1 fully saturated rings. The van der Waals surface area contributed by atoms with Crippen molar-refractivity contribution in [1.29, 1.82) is 0 Å². The number of hydrogen-bond acceptors (Lipinski definition) is 4. The molecule has 0 saturated heterocycles. The number of carbonyl (C=O) groups is 1. The molecule has 4 nitrogen and oxygen atoms in total. The van der Waals surface area contributed by atoms with E-state index in [9.17, 15) is 13.6 Å². The lowest BCUT2D eigenvalue weighted by Gasteiger charge is -2.25. The quantitative estimate of drug-likeness (QED) is 0.860. The number of benzene rings is 1. The van der Waals surface area contributed by atoms with Crippen LogP contribution in [0.3, 0.4) is 0 Å². The summed E-state index contributed by atoms with van der Waals surface area (Å²) >= 11 is 0. The molecule has 1 aromatic rings. The van der Waals surface area contributed by atoms with E-state index in [1.54, 1.807) is 7.05 Å². The van der Waals surface area contributed by atoms with E-state index in [2.05, 4.69) is 5.32 Å². The van der Waals surface area contributed by atoms with Crippen molar-refractivity contribution in [3.05, 3.63) is 29.8 Å². The summed E-state index contributed by atoms with van der Waals surface area (Å²) in [7, 11) is 3.03. The smallest absolute Gasteiger partial charge is 0.326 e. The topological polar surface area (TPSA) is 47.6 Å². The molecule has 0 aromatic heterocycles. The highest BCUT2D eigenvalue weighted by Gasteiger charge is 2.46. The third-order valence-corrected chi connectivity index (χ3v) is 3.72. The fraction of sp³-hybridized carbons (Fsp3) is 0.500. The largest absolute Gasteiger partial charge is 0.490 e. The highest BCUT2D eigenvalue weighted by molar-refractivity contribution is 5.81. The first-order chi connectivity index (χ1) is 9.50. The van der Waals surface area contributed by atoms with Gasteiger partial charge in [-0.3, -0.25) is 4.79 Å². The van der Waals surface area contributed by atoms with Crippen LogP contribution in [-0.2, 0) is 9.53 Å². The number of hydrogen-bond donors (Lipinski definition) is 1. The third kappa shape index (κ3) is 2.75. The Labute approximate surface area is 116 Å². The number of likely N-dealkylation sites (N-methyl/N-ethyl adjacent to an activating group) is 1. The monoisotopic (exact) mass is 285 g/mol. The van der Waals surface area contributed by atoms with E-state index in [-0.39, 0.29) is 17.8 Å². The molecule has 6 heteroatoms. The molecule has 1 saturated carbocycles. The summed E-state index contributed by atoms with van der Waals surface area (Å²) in [5.41, 5.74) is -0.766. The predicted molar refractivity (Wildman–Crippen MR) is 68.4 cm³/mol. The van der Waals surface area contributed by atoms with E-state index in [0.29, 0.717) is 19.3 Å². The molecule has 110 valence electrons. The van der Waals surface area contributed by atoms with Gasteiger partial charge in [-0.05, 0) is 32.0 Å². The van der Waals surface area contributed by atoms with Gasteiger partial charge in [0.05, 0.1) is 7.11 Å². The van der Waals surface area contributed by atoms with Crippen LogP contribution in [0.1, 0.15) is 19.3 Å². The standard InChI is InChI=1S/C14H17F2NO3/c1-17-14(13(18)19-2)6-5-10(8-14)20-9-3-4-11(15)12(16)7-9/h3-4,7,10,17H,5-6,8H2,1-2H3. The Morgan fingerprint density at radius 1 is 1.40 bits per heavy atom. The van der Waals surface area contributed by atoms with Gasteiger partial charge < -0.3 is 14.8 Å². The van der Waals surface area contributed by atoms with E-state index in [4.69, 9.17) is 9.47 Å². The van der Waals surface area contributed by atoms with Crippen LogP contribution in [0.15, 0.2) is 18.2 Å². The summed E-state index contributed by atoms with van der Waals surface area (Å²) in [6.07, 6.45) is 1.39. The number of rotatable bonds is 4. The fourth-order valence-electron chi connectivity index (χ4n) is 2.55. The molecule has 0 spiro atoms. The average molecular weight is 285 g/mol. The molecule has 1 aromatic carbocycles. The molecule has 1 aliphatic rings. The van der Waals surface area contributed by atoms with E-state index in [1.165, 1.54) is 13.2 Å². The first-order valence-corrected chi connectivity index (χ1v) is 6.40. The van der Waals surface area contributed by atoms with Gasteiger partial charge in [0.1, 0.15) is 17.4 Å². The van der Waals surface area contributed by atoms with Gasteiger partial charge >= 0.3 is 5.97 Å². The van der Waals surface area contributed by atoms with Gasteiger partial charge in [0.15, 0.2) is 11.6 Å². The van der Waals surface area contributed by atoms with Crippen molar-refractivity contribution < 1.29 is 23.0 Å². The molecule has 2 unspecified atom stereocenters. The predicted octanol–water partition coefficient (Wildman–Crippen LogP) is 2.03. The minimum Gasteiger partial charge on any atom is -0.490 e. The van der Waals surface area contributed by atoms with Gasteiger partial charge in [-0.15, -0.1) is 0 Å². The third-order valence-electron chi connectivity index (χ3n) is 3.72. The fourth-order valence-corrected chi connectivity index (χ4v) is 2.55. The van der Waals surface area contributed by atoms with Gasteiger partial charge in [-0.2, -0.15) is 0 Å². The summed E-state index contributed by atoms with van der Waals surface area (Å²) in [6.45, 7) is 0. The van der Waals surface area contributed by atoms with Crippen LogP contribution >= 0.6 is 0 Å². The first-order valence-electron chi connectivity index (χ1n) is 6.40. The lowest BCUT2D eigenvalue weighted by atomic mass is 9.98. The Bertz CT molecular complexity index is 509. The molecule has 2 rings (SSSR count). The van der Waals surface area contributed by atoms with Crippen LogP contribution in [0, 0.1) is 11.6 Å². The van der Waals surface area contributed by atoms with Gasteiger partial charge in [0.25, 0.3) is 0 Å². The highest BCUT2D eigenvalue weighted by atomic mass is 19.2. The Morgan fingerprint density at radius 3 is 2.75 bits per heavy atom.